The van der Waals surface area contributed by atoms with Crippen LogP contribution in [0.4, 0.5) is 0 Å². The maximum Gasteiger partial charge on any atom is 0.221 e. The monoisotopic (exact) mass is 299 g/mol. The number of nitrogens with one attached hydrogen (secondary N) is 1. The first-order chi connectivity index (χ1) is 7.58. The van der Waals surface area contributed by atoms with Gasteiger partial charge in [0.15, 0.2) is 0 Å². The maximum atomic E-state index is 11.3. The highest BCUT2D eigenvalue weighted by Crippen LogP contribution is 2.14. The van der Waals surface area contributed by atoms with Crippen LogP contribution in [-0.2, 0) is 4.79 Å². The fourth-order valence-corrected chi connectivity index (χ4v) is 2.00. The predicted molar refractivity (Wildman–Crippen MR) is 80.6 cm³/mol. The first-order valence-corrected chi connectivity index (χ1v) is 6.32. The predicted octanol–water partition coefficient (Wildman–Crippen LogP) is 1.42. The van der Waals surface area contributed by atoms with Crippen molar-refractivity contribution >= 4 is 30.7 Å². The Kier molecular flexibility index (Phi) is 12.2. The Morgan fingerprint density at radius 2 is 1.94 bits per heavy atom. The molecule has 0 aromatic rings. The molecule has 18 heavy (non-hydrogen) atoms. The molecule has 0 saturated carbocycles. The van der Waals surface area contributed by atoms with E-state index in [-0.39, 0.29) is 36.8 Å². The summed E-state index contributed by atoms with van der Waals surface area (Å²) in [5.41, 5.74) is 5.55. The van der Waals surface area contributed by atoms with Crippen LogP contribution in [0.2, 0.25) is 0 Å². The summed E-state index contributed by atoms with van der Waals surface area (Å²) in [5, 5.41) is 2.91. The van der Waals surface area contributed by atoms with Crippen LogP contribution in [0.5, 0.6) is 0 Å². The molecule has 1 aliphatic rings. The van der Waals surface area contributed by atoms with Crippen molar-refractivity contribution in [3.8, 4) is 0 Å². The van der Waals surface area contributed by atoms with Gasteiger partial charge in [0.1, 0.15) is 0 Å². The van der Waals surface area contributed by atoms with Crippen LogP contribution in [-0.4, -0.2) is 43.0 Å². The van der Waals surface area contributed by atoms with Crippen LogP contribution < -0.4 is 11.1 Å². The van der Waals surface area contributed by atoms with E-state index >= 15 is 0 Å². The zero-order valence-corrected chi connectivity index (χ0v) is 13.0. The van der Waals surface area contributed by atoms with Gasteiger partial charge in [-0.25, -0.2) is 0 Å². The van der Waals surface area contributed by atoms with Crippen LogP contribution in [0.1, 0.15) is 33.1 Å². The quantitative estimate of drug-likeness (QED) is 0.807. The fourth-order valence-electron chi connectivity index (χ4n) is 2.00. The number of likely N-dealkylation sites (tertiary alicyclic amines) is 1. The third-order valence-corrected chi connectivity index (χ3v) is 3.13. The summed E-state index contributed by atoms with van der Waals surface area (Å²) in [5.74, 6) is 0.935. The van der Waals surface area contributed by atoms with Crippen molar-refractivity contribution in [3.63, 3.8) is 0 Å². The van der Waals surface area contributed by atoms with Crippen molar-refractivity contribution in [2.45, 2.75) is 39.2 Å². The number of carbonyl (C=O) groups is 1. The summed E-state index contributed by atoms with van der Waals surface area (Å²) >= 11 is 0. The molecule has 1 saturated heterocycles. The first kappa shape index (κ1) is 20.3. The van der Waals surface area contributed by atoms with Crippen LogP contribution in [0.3, 0.4) is 0 Å². The summed E-state index contributed by atoms with van der Waals surface area (Å²) < 4.78 is 0. The summed E-state index contributed by atoms with van der Waals surface area (Å²) in [6.45, 7) is 8.22. The highest BCUT2D eigenvalue weighted by Gasteiger charge is 2.15. The van der Waals surface area contributed by atoms with E-state index in [0.717, 1.165) is 19.0 Å². The van der Waals surface area contributed by atoms with E-state index in [2.05, 4.69) is 17.1 Å². The van der Waals surface area contributed by atoms with E-state index in [9.17, 15) is 4.79 Å². The lowest BCUT2D eigenvalue weighted by molar-refractivity contribution is -0.121. The van der Waals surface area contributed by atoms with Crippen LogP contribution in [0.25, 0.3) is 0 Å². The minimum absolute atomic E-state index is 0. The molecule has 0 bridgehead atoms. The van der Waals surface area contributed by atoms with Crippen LogP contribution in [0.15, 0.2) is 0 Å². The van der Waals surface area contributed by atoms with E-state index in [1.165, 1.54) is 25.9 Å². The standard InChI is InChI=1S/C12H25N3O.2ClH/c1-10-3-6-15(7-4-10)8-5-14-12(16)9-11(2)13;;/h10-11H,3-9,13H2,1-2H3,(H,14,16);2*1H. The molecular weight excluding hydrogens is 273 g/mol. The van der Waals surface area contributed by atoms with Crippen LogP contribution in [0, 0.1) is 5.92 Å². The molecule has 1 aliphatic heterocycles. The second-order valence-corrected chi connectivity index (χ2v) is 5.06. The van der Waals surface area contributed by atoms with E-state index in [1.807, 2.05) is 6.92 Å². The molecular formula is C12H27Cl2N3O. The van der Waals surface area contributed by atoms with E-state index < -0.39 is 0 Å². The lowest BCUT2D eigenvalue weighted by Gasteiger charge is -2.30. The number of rotatable bonds is 5. The Balaban J connectivity index is 0. The van der Waals surface area contributed by atoms with Crippen molar-refractivity contribution in [3.05, 3.63) is 0 Å². The van der Waals surface area contributed by atoms with E-state index in [1.54, 1.807) is 0 Å². The topological polar surface area (TPSA) is 58.4 Å². The summed E-state index contributed by atoms with van der Waals surface area (Å²) in [7, 11) is 0. The number of nitrogens with zero attached hydrogens (tertiary/aromatic N) is 1. The van der Waals surface area contributed by atoms with Gasteiger partial charge in [0.2, 0.25) is 5.91 Å². The molecule has 0 aromatic carbocycles. The number of nitrogens with two attached hydrogens (primary N) is 1. The Bertz CT molecular complexity index is 219. The van der Waals surface area contributed by atoms with Gasteiger partial charge in [-0.2, -0.15) is 0 Å². The first-order valence-electron chi connectivity index (χ1n) is 6.32. The van der Waals surface area contributed by atoms with Crippen molar-refractivity contribution in [2.75, 3.05) is 26.2 Å². The zero-order chi connectivity index (χ0) is 12.0. The zero-order valence-electron chi connectivity index (χ0n) is 11.4. The lowest BCUT2D eigenvalue weighted by atomic mass is 9.99. The number of hydrogen-bond acceptors (Lipinski definition) is 3. The van der Waals surface area contributed by atoms with Gasteiger partial charge >= 0.3 is 0 Å². The second kappa shape index (κ2) is 10.9. The third kappa shape index (κ3) is 8.97. The molecule has 1 rings (SSSR count). The van der Waals surface area contributed by atoms with Gasteiger partial charge in [0.05, 0.1) is 0 Å². The Labute approximate surface area is 123 Å². The Morgan fingerprint density at radius 1 is 1.39 bits per heavy atom. The van der Waals surface area contributed by atoms with Crippen molar-refractivity contribution in [2.24, 2.45) is 11.7 Å². The number of amides is 1. The highest BCUT2D eigenvalue weighted by atomic mass is 35.5. The summed E-state index contributed by atoms with van der Waals surface area (Å²) in [6.07, 6.45) is 3.00. The molecule has 6 heteroatoms. The molecule has 1 heterocycles. The SMILES string of the molecule is CC(N)CC(=O)NCCN1CCC(C)CC1.Cl.Cl. The third-order valence-electron chi connectivity index (χ3n) is 3.13. The maximum absolute atomic E-state index is 11.3. The minimum Gasteiger partial charge on any atom is -0.355 e. The van der Waals surface area contributed by atoms with Crippen molar-refractivity contribution in [1.29, 1.82) is 0 Å². The minimum atomic E-state index is -0.0455. The van der Waals surface area contributed by atoms with Gasteiger partial charge in [0, 0.05) is 25.6 Å². The smallest absolute Gasteiger partial charge is 0.221 e. The van der Waals surface area contributed by atoms with Crippen molar-refractivity contribution in [1.82, 2.24) is 10.2 Å². The molecule has 0 aromatic heterocycles. The summed E-state index contributed by atoms with van der Waals surface area (Å²) in [4.78, 5) is 13.8. The number of hydrogen-bond donors (Lipinski definition) is 2. The number of halogens is 2. The molecule has 1 fully saturated rings. The molecule has 1 atom stereocenters. The van der Waals surface area contributed by atoms with Crippen molar-refractivity contribution < 1.29 is 4.79 Å². The second-order valence-electron chi connectivity index (χ2n) is 5.06. The van der Waals surface area contributed by atoms with Gasteiger partial charge < -0.3 is 16.0 Å². The van der Waals surface area contributed by atoms with E-state index in [4.69, 9.17) is 5.73 Å². The van der Waals surface area contributed by atoms with Crippen LogP contribution >= 0.6 is 24.8 Å². The average Bonchev–Trinajstić information content (AvgIpc) is 2.20. The number of carbonyl (C=O) groups excluding carboxylic acids is 1. The highest BCUT2D eigenvalue weighted by molar-refractivity contribution is 5.85. The molecule has 3 N–H and O–H groups in total. The van der Waals surface area contributed by atoms with E-state index in [0.29, 0.717) is 6.42 Å². The van der Waals surface area contributed by atoms with Gasteiger partial charge in [-0.1, -0.05) is 6.92 Å². The molecule has 0 aliphatic carbocycles. The molecule has 4 nitrogen and oxygen atoms in total. The molecule has 0 spiro atoms. The normalized spacial score (nSPS) is 18.4. The fraction of sp³-hybridized carbons (Fsp3) is 0.917. The molecule has 110 valence electrons. The number of piperidine rings is 1. The van der Waals surface area contributed by atoms with Gasteiger partial charge in [-0.3, -0.25) is 4.79 Å². The average molecular weight is 300 g/mol. The molecule has 1 unspecified atom stereocenters. The molecule has 0 radical (unpaired) electrons. The Hall–Kier alpha value is -0.0300. The summed E-state index contributed by atoms with van der Waals surface area (Å²) in [6, 6.07) is -0.0455. The van der Waals surface area contributed by atoms with Gasteiger partial charge in [0.25, 0.3) is 0 Å². The van der Waals surface area contributed by atoms with Gasteiger partial charge in [-0.15, -0.1) is 24.8 Å². The molecule has 1 amide bonds. The largest absolute Gasteiger partial charge is 0.355 e. The van der Waals surface area contributed by atoms with Gasteiger partial charge in [-0.05, 0) is 38.8 Å². The lowest BCUT2D eigenvalue weighted by Crippen LogP contribution is -2.40. The Morgan fingerprint density at radius 3 is 2.44 bits per heavy atom.